The second-order valence-electron chi connectivity index (χ2n) is 10.1. The van der Waals surface area contributed by atoms with Crippen LogP contribution < -0.4 is 10.6 Å². The maximum absolute atomic E-state index is 13.3. The topological polar surface area (TPSA) is 108 Å². The monoisotopic (exact) mass is 453 g/mol. The van der Waals surface area contributed by atoms with Crippen LogP contribution >= 0.6 is 0 Å². The van der Waals surface area contributed by atoms with E-state index in [0.29, 0.717) is 23.4 Å². The van der Waals surface area contributed by atoms with E-state index in [2.05, 4.69) is 10.6 Å². The number of carbonyl (C=O) groups excluding carboxylic acids is 3. The predicted octanol–water partition coefficient (Wildman–Crippen LogP) is 2.52. The van der Waals surface area contributed by atoms with Crippen molar-refractivity contribution in [3.05, 3.63) is 35.5 Å². The zero-order chi connectivity index (χ0) is 23.2. The van der Waals surface area contributed by atoms with Crippen molar-refractivity contribution in [3.63, 3.8) is 0 Å². The van der Waals surface area contributed by atoms with Gasteiger partial charge in [-0.3, -0.25) is 9.59 Å². The summed E-state index contributed by atoms with van der Waals surface area (Å²) in [6, 6.07) is 7.17. The van der Waals surface area contributed by atoms with Gasteiger partial charge in [-0.05, 0) is 80.5 Å². The molecule has 0 aromatic heterocycles. The number of benzene rings is 1. The average molecular weight is 454 g/mol. The van der Waals surface area contributed by atoms with Crippen molar-refractivity contribution in [2.24, 2.45) is 23.2 Å². The van der Waals surface area contributed by atoms with Crippen LogP contribution in [-0.4, -0.2) is 54.6 Å². The molecule has 33 heavy (non-hydrogen) atoms. The quantitative estimate of drug-likeness (QED) is 0.548. The lowest BCUT2D eigenvalue weighted by Gasteiger charge is -2.55. The van der Waals surface area contributed by atoms with Gasteiger partial charge < -0.3 is 25.4 Å². The summed E-state index contributed by atoms with van der Waals surface area (Å²) in [4.78, 5) is 39.5. The lowest BCUT2D eigenvalue weighted by Crippen LogP contribution is -2.51. The first-order valence-electron chi connectivity index (χ1n) is 11.8. The number of nitrogens with one attached hydrogen (secondary N) is 2. The number of hydrogen-bond acceptors (Lipinski definition) is 6. The van der Waals surface area contributed by atoms with Crippen LogP contribution in [0.4, 0.5) is 11.4 Å². The van der Waals surface area contributed by atoms with Crippen LogP contribution in [0.1, 0.15) is 38.5 Å². The minimum atomic E-state index is -0.578. The first-order valence-corrected chi connectivity index (χ1v) is 11.8. The second-order valence-corrected chi connectivity index (χ2v) is 10.1. The van der Waals surface area contributed by atoms with Gasteiger partial charge in [0.25, 0.3) is 5.91 Å². The molecule has 0 atom stereocenters. The molecule has 4 saturated carbocycles. The molecule has 0 spiro atoms. The number of aliphatic hydroxyl groups is 1. The molecule has 4 bridgehead atoms. The van der Waals surface area contributed by atoms with E-state index < -0.39 is 5.97 Å². The van der Waals surface area contributed by atoms with Crippen molar-refractivity contribution < 1.29 is 24.2 Å². The number of methoxy groups -OCH3 is 1. The van der Waals surface area contributed by atoms with Crippen molar-refractivity contribution >= 4 is 29.2 Å². The average Bonchev–Trinajstić information content (AvgIpc) is 3.09. The maximum atomic E-state index is 13.3. The van der Waals surface area contributed by atoms with E-state index in [1.807, 2.05) is 12.1 Å². The molecule has 8 heteroatoms. The minimum absolute atomic E-state index is 0.0909. The number of amides is 2. The Balaban J connectivity index is 1.27. The predicted molar refractivity (Wildman–Crippen MR) is 122 cm³/mol. The summed E-state index contributed by atoms with van der Waals surface area (Å²) in [7, 11) is 1.27. The molecule has 5 aliphatic rings. The van der Waals surface area contributed by atoms with Gasteiger partial charge in [0.2, 0.25) is 5.91 Å². The van der Waals surface area contributed by atoms with Gasteiger partial charge in [0.1, 0.15) is 5.70 Å². The Morgan fingerprint density at radius 3 is 2.18 bits per heavy atom. The Bertz CT molecular complexity index is 965. The highest BCUT2D eigenvalue weighted by atomic mass is 16.5. The molecule has 1 aromatic rings. The van der Waals surface area contributed by atoms with E-state index in [1.54, 1.807) is 12.1 Å². The van der Waals surface area contributed by atoms with E-state index in [0.717, 1.165) is 24.9 Å². The molecule has 4 aliphatic carbocycles. The van der Waals surface area contributed by atoms with Crippen molar-refractivity contribution in [1.82, 2.24) is 4.90 Å². The van der Waals surface area contributed by atoms with Gasteiger partial charge in [-0.2, -0.15) is 0 Å². The number of β-amino-alcohol motifs (C(OH)–C–C–N with tert-alkyl or cyclic N) is 1. The van der Waals surface area contributed by atoms with Crippen molar-refractivity contribution in [3.8, 4) is 0 Å². The molecule has 2 amide bonds. The minimum Gasteiger partial charge on any atom is -0.466 e. The third-order valence-corrected chi connectivity index (χ3v) is 7.89. The molecule has 0 unspecified atom stereocenters. The molecule has 6 rings (SSSR count). The number of rotatable bonds is 7. The largest absolute Gasteiger partial charge is 0.466 e. The molecule has 3 N–H and O–H groups in total. The van der Waals surface area contributed by atoms with E-state index in [-0.39, 0.29) is 48.2 Å². The smallest absolute Gasteiger partial charge is 0.337 e. The molecule has 0 radical (unpaired) electrons. The van der Waals surface area contributed by atoms with E-state index in [1.165, 1.54) is 31.3 Å². The number of ether oxygens (including phenoxy) is 1. The van der Waals surface area contributed by atoms with Crippen LogP contribution in [0, 0.1) is 23.2 Å². The highest BCUT2D eigenvalue weighted by Crippen LogP contribution is 2.60. The van der Waals surface area contributed by atoms with E-state index in [9.17, 15) is 19.5 Å². The molecule has 176 valence electrons. The Labute approximate surface area is 193 Å². The zero-order valence-electron chi connectivity index (χ0n) is 18.9. The zero-order valence-corrected chi connectivity index (χ0v) is 18.9. The maximum Gasteiger partial charge on any atom is 0.337 e. The SMILES string of the molecule is COC(=O)C1=C(Nc2ccc(NC(=O)C34CC5CC(CC(C5)C3)C4)cc2)C(=O)N(CCO)C1. The number of anilines is 2. The Morgan fingerprint density at radius 2 is 1.64 bits per heavy atom. The lowest BCUT2D eigenvalue weighted by molar-refractivity contribution is -0.140. The highest BCUT2D eigenvalue weighted by Gasteiger charge is 2.54. The number of esters is 1. The van der Waals surface area contributed by atoms with Gasteiger partial charge in [-0.1, -0.05) is 0 Å². The number of nitrogens with zero attached hydrogens (tertiary/aromatic N) is 1. The third kappa shape index (κ3) is 4.01. The molecule has 1 aliphatic heterocycles. The summed E-state index contributed by atoms with van der Waals surface area (Å²) in [5.41, 5.74) is 1.52. The van der Waals surface area contributed by atoms with Crippen molar-refractivity contribution in [2.45, 2.75) is 38.5 Å². The van der Waals surface area contributed by atoms with Gasteiger partial charge in [0.05, 0.1) is 31.2 Å². The first-order chi connectivity index (χ1) is 15.9. The fraction of sp³-hybridized carbons (Fsp3) is 0.560. The fourth-order valence-electron chi connectivity index (χ4n) is 6.78. The van der Waals surface area contributed by atoms with Gasteiger partial charge in [-0.15, -0.1) is 0 Å². The number of hydrogen-bond donors (Lipinski definition) is 3. The standard InChI is InChI=1S/C25H31N3O5/c1-33-23(31)20-14-28(6-7-29)22(30)21(20)26-18-2-4-19(5-3-18)27-24(32)25-11-15-8-16(12-25)10-17(9-15)13-25/h2-5,15-17,26,29H,6-14H2,1H3,(H,27,32). The molecule has 1 aromatic carbocycles. The molecular formula is C25H31N3O5. The Kier molecular flexibility index (Phi) is 5.64. The lowest BCUT2D eigenvalue weighted by atomic mass is 9.49. The van der Waals surface area contributed by atoms with Gasteiger partial charge in [0.15, 0.2) is 0 Å². The summed E-state index contributed by atoms with van der Waals surface area (Å²) >= 11 is 0. The summed E-state index contributed by atoms with van der Waals surface area (Å²) in [6.07, 6.45) is 6.93. The molecular weight excluding hydrogens is 422 g/mol. The summed E-state index contributed by atoms with van der Waals surface area (Å²) in [6.45, 7) is 0.0407. The Morgan fingerprint density at radius 1 is 1.06 bits per heavy atom. The van der Waals surface area contributed by atoms with Gasteiger partial charge >= 0.3 is 5.97 Å². The van der Waals surface area contributed by atoms with E-state index >= 15 is 0 Å². The molecule has 8 nitrogen and oxygen atoms in total. The van der Waals surface area contributed by atoms with Crippen LogP contribution in [0.2, 0.25) is 0 Å². The van der Waals surface area contributed by atoms with Crippen LogP contribution in [0.3, 0.4) is 0 Å². The normalized spacial score (nSPS) is 30.1. The molecule has 1 heterocycles. The Hall–Kier alpha value is -2.87. The summed E-state index contributed by atoms with van der Waals surface area (Å²) in [5, 5.41) is 15.3. The van der Waals surface area contributed by atoms with Crippen LogP contribution in [0.15, 0.2) is 35.5 Å². The molecule has 4 fully saturated rings. The van der Waals surface area contributed by atoms with Crippen LogP contribution in [-0.2, 0) is 19.1 Å². The fourth-order valence-corrected chi connectivity index (χ4v) is 6.78. The summed E-state index contributed by atoms with van der Waals surface area (Å²) in [5.74, 6) is 1.33. The van der Waals surface area contributed by atoms with Crippen molar-refractivity contribution in [2.75, 3.05) is 37.4 Å². The van der Waals surface area contributed by atoms with Gasteiger partial charge in [-0.25, -0.2) is 4.79 Å². The van der Waals surface area contributed by atoms with Crippen molar-refractivity contribution in [1.29, 1.82) is 0 Å². The first kappa shape index (κ1) is 21.9. The second kappa shape index (κ2) is 8.48. The number of aliphatic hydroxyl groups excluding tert-OH is 1. The van der Waals surface area contributed by atoms with Crippen LogP contribution in [0.5, 0.6) is 0 Å². The molecule has 0 saturated heterocycles. The highest BCUT2D eigenvalue weighted by molar-refractivity contribution is 6.08. The summed E-state index contributed by atoms with van der Waals surface area (Å²) < 4.78 is 4.81. The van der Waals surface area contributed by atoms with Crippen LogP contribution in [0.25, 0.3) is 0 Å². The number of carbonyl (C=O) groups is 3. The third-order valence-electron chi connectivity index (χ3n) is 7.89. The van der Waals surface area contributed by atoms with Gasteiger partial charge in [0, 0.05) is 17.9 Å². The van der Waals surface area contributed by atoms with E-state index in [4.69, 9.17) is 4.74 Å².